The van der Waals surface area contributed by atoms with Crippen molar-refractivity contribution in [2.45, 2.75) is 0 Å². The zero-order chi connectivity index (χ0) is 39.1. The van der Waals surface area contributed by atoms with E-state index in [2.05, 4.69) is 194 Å². The van der Waals surface area contributed by atoms with Crippen LogP contribution in [0.4, 0.5) is 0 Å². The molecular weight excluding hydrogens is 735 g/mol. The Morgan fingerprint density at radius 3 is 1.31 bits per heavy atom. The van der Waals surface area contributed by atoms with E-state index in [1.807, 2.05) is 29.5 Å². The highest BCUT2D eigenvalue weighted by Crippen LogP contribution is 2.50. The van der Waals surface area contributed by atoms with Crippen LogP contribution in [-0.2, 0) is 0 Å². The lowest BCUT2D eigenvalue weighted by molar-refractivity contribution is 1.07. The smallest absolute Gasteiger partial charge is 0.164 e. The summed E-state index contributed by atoms with van der Waals surface area (Å²) in [6.07, 6.45) is 0. The molecule has 0 saturated carbocycles. The molecule has 0 aliphatic heterocycles. The van der Waals surface area contributed by atoms with Crippen molar-refractivity contribution in [3.63, 3.8) is 0 Å². The highest BCUT2D eigenvalue weighted by molar-refractivity contribution is 7.26. The number of benzene rings is 9. The van der Waals surface area contributed by atoms with Gasteiger partial charge < -0.3 is 0 Å². The molecule has 59 heavy (non-hydrogen) atoms. The fraction of sp³-hybridized carbons (Fsp3) is 0. The number of hydrogen-bond acceptors (Lipinski definition) is 4. The van der Waals surface area contributed by atoms with Gasteiger partial charge in [0.25, 0.3) is 0 Å². The molecular formula is C55H35N3S. The van der Waals surface area contributed by atoms with Gasteiger partial charge in [-0.1, -0.05) is 200 Å². The van der Waals surface area contributed by atoms with E-state index in [9.17, 15) is 0 Å². The highest BCUT2D eigenvalue weighted by atomic mass is 32.1. The topological polar surface area (TPSA) is 38.7 Å². The van der Waals surface area contributed by atoms with E-state index in [0.717, 1.165) is 44.5 Å². The van der Waals surface area contributed by atoms with E-state index in [1.54, 1.807) is 0 Å². The van der Waals surface area contributed by atoms with Crippen molar-refractivity contribution in [1.82, 2.24) is 15.0 Å². The summed E-state index contributed by atoms with van der Waals surface area (Å²) in [4.78, 5) is 15.4. The zero-order valence-electron chi connectivity index (χ0n) is 32.0. The molecule has 4 heteroatoms. The minimum absolute atomic E-state index is 0.628. The van der Waals surface area contributed by atoms with Crippen LogP contribution in [-0.4, -0.2) is 15.0 Å². The third kappa shape index (κ3) is 6.27. The summed E-state index contributed by atoms with van der Waals surface area (Å²) in [5, 5.41) is 5.05. The quantitative estimate of drug-likeness (QED) is 0.162. The molecule has 0 N–H and O–H groups in total. The van der Waals surface area contributed by atoms with Crippen molar-refractivity contribution in [1.29, 1.82) is 0 Å². The van der Waals surface area contributed by atoms with Crippen LogP contribution in [0.2, 0.25) is 0 Å². The molecule has 0 amide bonds. The molecule has 11 rings (SSSR count). The van der Waals surface area contributed by atoms with Crippen molar-refractivity contribution < 1.29 is 0 Å². The first kappa shape index (κ1) is 34.7. The molecule has 0 bridgehead atoms. The minimum Gasteiger partial charge on any atom is -0.208 e. The Balaban J connectivity index is 1.08. The van der Waals surface area contributed by atoms with Gasteiger partial charge in [-0.2, -0.15) is 0 Å². The minimum atomic E-state index is 0.628. The molecule has 0 aliphatic carbocycles. The van der Waals surface area contributed by atoms with Gasteiger partial charge in [0.1, 0.15) is 0 Å². The number of fused-ring (bicyclic) bond motifs is 4. The van der Waals surface area contributed by atoms with Crippen molar-refractivity contribution in [2.24, 2.45) is 0 Å². The van der Waals surface area contributed by atoms with Crippen molar-refractivity contribution in [3.8, 4) is 78.7 Å². The molecule has 0 atom stereocenters. The molecule has 0 unspecified atom stereocenters. The number of nitrogens with zero attached hydrogens (tertiary/aromatic N) is 3. The fourth-order valence-corrected chi connectivity index (χ4v) is 9.67. The van der Waals surface area contributed by atoms with Gasteiger partial charge in [-0.15, -0.1) is 11.3 Å². The molecule has 2 aromatic heterocycles. The lowest BCUT2D eigenvalue weighted by atomic mass is 9.88. The number of aromatic nitrogens is 3. The second kappa shape index (κ2) is 14.8. The average molecular weight is 770 g/mol. The van der Waals surface area contributed by atoms with Gasteiger partial charge in [0.15, 0.2) is 17.5 Å². The first-order valence-corrected chi connectivity index (χ1v) is 20.7. The maximum absolute atomic E-state index is 5.20. The largest absolute Gasteiger partial charge is 0.208 e. The lowest BCUT2D eigenvalue weighted by Crippen LogP contribution is -2.00. The Labute approximate surface area is 346 Å². The van der Waals surface area contributed by atoms with Crippen LogP contribution in [0.3, 0.4) is 0 Å². The van der Waals surface area contributed by atoms with Crippen LogP contribution < -0.4 is 0 Å². The van der Waals surface area contributed by atoms with E-state index in [1.165, 1.54) is 47.6 Å². The van der Waals surface area contributed by atoms with Crippen molar-refractivity contribution in [2.75, 3.05) is 0 Å². The Bertz CT molecular complexity index is 3290. The zero-order valence-corrected chi connectivity index (χ0v) is 32.8. The third-order valence-electron chi connectivity index (χ3n) is 11.1. The van der Waals surface area contributed by atoms with Gasteiger partial charge >= 0.3 is 0 Å². The van der Waals surface area contributed by atoms with Gasteiger partial charge in [-0.25, -0.2) is 15.0 Å². The van der Waals surface area contributed by atoms with Crippen LogP contribution in [0.5, 0.6) is 0 Å². The molecule has 276 valence electrons. The first-order valence-electron chi connectivity index (χ1n) is 19.9. The summed E-state index contributed by atoms with van der Waals surface area (Å²) in [5.74, 6) is 1.89. The summed E-state index contributed by atoms with van der Waals surface area (Å²) in [6.45, 7) is 0. The summed E-state index contributed by atoms with van der Waals surface area (Å²) >= 11 is 1.88. The number of hydrogen-bond donors (Lipinski definition) is 0. The van der Waals surface area contributed by atoms with Crippen LogP contribution >= 0.6 is 11.3 Å². The number of thiophene rings is 1. The molecule has 0 fully saturated rings. The predicted octanol–water partition coefficient (Wildman–Crippen LogP) is 15.1. The predicted molar refractivity (Wildman–Crippen MR) is 248 cm³/mol. The first-order chi connectivity index (χ1) is 29.3. The molecule has 11 aromatic rings. The highest BCUT2D eigenvalue weighted by Gasteiger charge is 2.21. The monoisotopic (exact) mass is 769 g/mol. The SMILES string of the molecule is c1ccc(-c2nc(-c3ccc(-c4c5ccccc5c(-c5ccccc5)c5sc6ccccc6c45)cc3)nc(-c3ccc(-c4ccccc4)c(-c4ccccc4)c3)n2)cc1. The van der Waals surface area contributed by atoms with E-state index < -0.39 is 0 Å². The van der Waals surface area contributed by atoms with Gasteiger partial charge in [0, 0.05) is 42.4 Å². The maximum atomic E-state index is 5.20. The Hall–Kier alpha value is -7.53. The maximum Gasteiger partial charge on any atom is 0.164 e. The van der Waals surface area contributed by atoms with Gasteiger partial charge in [0.05, 0.1) is 0 Å². The van der Waals surface area contributed by atoms with E-state index in [0.29, 0.717) is 17.5 Å². The van der Waals surface area contributed by atoms with Crippen LogP contribution in [0.1, 0.15) is 0 Å². The summed E-state index contributed by atoms with van der Waals surface area (Å²) in [6, 6.07) is 75.1. The molecule has 0 aliphatic rings. The van der Waals surface area contributed by atoms with Gasteiger partial charge in [-0.05, 0) is 61.8 Å². The lowest BCUT2D eigenvalue weighted by Gasteiger charge is -2.16. The molecule has 0 spiro atoms. The third-order valence-corrected chi connectivity index (χ3v) is 12.3. The normalized spacial score (nSPS) is 11.4. The van der Waals surface area contributed by atoms with Gasteiger partial charge in [0.2, 0.25) is 0 Å². The molecule has 9 aromatic carbocycles. The number of rotatable bonds is 7. The summed E-state index contributed by atoms with van der Waals surface area (Å²) < 4.78 is 2.59. The fourth-order valence-electron chi connectivity index (χ4n) is 8.38. The van der Waals surface area contributed by atoms with Crippen LogP contribution in [0.15, 0.2) is 212 Å². The Kier molecular flexibility index (Phi) is 8.68. The molecule has 0 radical (unpaired) electrons. The average Bonchev–Trinajstić information content (AvgIpc) is 3.70. The Morgan fingerprint density at radius 1 is 0.288 bits per heavy atom. The second-order valence-corrected chi connectivity index (χ2v) is 15.8. The standard InChI is InChI=1S/C55H35N3S/c1-5-17-36(18-6-1)43-34-33-42(35-47(43)37-19-7-2-8-20-37)55-57-53(40-23-11-4-12-24-40)56-54(58-55)41-31-29-39(30-32-41)49-44-25-13-14-26-45(44)50(38-21-9-3-10-22-38)52-51(49)46-27-15-16-28-48(46)59-52/h1-35H. The Morgan fingerprint density at radius 2 is 0.695 bits per heavy atom. The summed E-state index contributed by atoms with van der Waals surface area (Å²) in [5.41, 5.74) is 12.3. The van der Waals surface area contributed by atoms with E-state index >= 15 is 0 Å². The van der Waals surface area contributed by atoms with Crippen molar-refractivity contribution >= 4 is 42.3 Å². The molecule has 2 heterocycles. The molecule has 3 nitrogen and oxygen atoms in total. The summed E-state index contributed by atoms with van der Waals surface area (Å²) in [7, 11) is 0. The molecule has 0 saturated heterocycles. The van der Waals surface area contributed by atoms with Gasteiger partial charge in [-0.3, -0.25) is 0 Å². The van der Waals surface area contributed by atoms with Crippen molar-refractivity contribution in [3.05, 3.63) is 212 Å². The second-order valence-electron chi connectivity index (χ2n) is 14.7. The van der Waals surface area contributed by atoms with Crippen LogP contribution in [0.25, 0.3) is 110 Å². The van der Waals surface area contributed by atoms with E-state index in [-0.39, 0.29) is 0 Å². The van der Waals surface area contributed by atoms with Crippen LogP contribution in [0, 0.1) is 0 Å². The van der Waals surface area contributed by atoms with E-state index in [4.69, 9.17) is 15.0 Å².